The van der Waals surface area contributed by atoms with Gasteiger partial charge in [0.25, 0.3) is 5.91 Å². The van der Waals surface area contributed by atoms with Crippen LogP contribution in [-0.2, 0) is 9.53 Å². The van der Waals surface area contributed by atoms with E-state index in [1.165, 1.54) is 4.90 Å². The first-order valence-electron chi connectivity index (χ1n) is 6.96. The second kappa shape index (κ2) is 7.47. The number of carbonyl (C=O) groups excluding carboxylic acids is 1. The largest absolute Gasteiger partial charge is 0.490 e. The van der Waals surface area contributed by atoms with Crippen molar-refractivity contribution in [3.05, 3.63) is 28.8 Å². The fourth-order valence-corrected chi connectivity index (χ4v) is 2.52. The Morgan fingerprint density at radius 1 is 1.41 bits per heavy atom. The molecule has 0 aromatic heterocycles. The zero-order valence-electron chi connectivity index (χ0n) is 12.3. The highest BCUT2D eigenvalue weighted by Gasteiger charge is 2.32. The summed E-state index contributed by atoms with van der Waals surface area (Å²) in [6.45, 7) is 1.34. The van der Waals surface area contributed by atoms with E-state index in [4.69, 9.17) is 26.2 Å². The Bertz CT molecular complexity index is 563. The predicted octanol–water partition coefficient (Wildman–Crippen LogP) is 1.91. The first kappa shape index (κ1) is 16.6. The molecule has 0 saturated carbocycles. The SMILES string of the molecule is COCCOc1ccc(Cl)cc1C(=O)N1CCC(C(=O)O)C1. The molecule has 1 fully saturated rings. The van der Waals surface area contributed by atoms with Crippen LogP contribution in [0.25, 0.3) is 0 Å². The van der Waals surface area contributed by atoms with Gasteiger partial charge in [-0.05, 0) is 24.6 Å². The van der Waals surface area contributed by atoms with Crippen molar-refractivity contribution < 1.29 is 24.2 Å². The molecule has 0 radical (unpaired) electrons. The van der Waals surface area contributed by atoms with Crippen molar-refractivity contribution in [1.29, 1.82) is 0 Å². The molecular weight excluding hydrogens is 310 g/mol. The summed E-state index contributed by atoms with van der Waals surface area (Å²) in [4.78, 5) is 25.1. The molecule has 0 aliphatic carbocycles. The number of carbonyl (C=O) groups is 2. The molecule has 1 amide bonds. The number of ether oxygens (including phenoxy) is 2. The lowest BCUT2D eigenvalue weighted by molar-refractivity contribution is -0.141. The van der Waals surface area contributed by atoms with Crippen LogP contribution in [0, 0.1) is 5.92 Å². The van der Waals surface area contributed by atoms with Crippen molar-refractivity contribution in [3.63, 3.8) is 0 Å². The average molecular weight is 328 g/mol. The van der Waals surface area contributed by atoms with Gasteiger partial charge in [-0.1, -0.05) is 11.6 Å². The first-order valence-corrected chi connectivity index (χ1v) is 7.34. The van der Waals surface area contributed by atoms with Crippen molar-refractivity contribution in [1.82, 2.24) is 4.90 Å². The van der Waals surface area contributed by atoms with E-state index in [-0.39, 0.29) is 12.5 Å². The summed E-state index contributed by atoms with van der Waals surface area (Å²) >= 11 is 5.96. The maximum atomic E-state index is 12.6. The van der Waals surface area contributed by atoms with E-state index < -0.39 is 11.9 Å². The number of rotatable bonds is 6. The molecule has 0 spiro atoms. The molecule has 120 valence electrons. The minimum atomic E-state index is -0.877. The smallest absolute Gasteiger partial charge is 0.308 e. The van der Waals surface area contributed by atoms with E-state index in [9.17, 15) is 9.59 Å². The highest BCUT2D eigenvalue weighted by atomic mass is 35.5. The zero-order chi connectivity index (χ0) is 16.1. The van der Waals surface area contributed by atoms with Crippen LogP contribution in [0.15, 0.2) is 18.2 Å². The maximum absolute atomic E-state index is 12.6. The van der Waals surface area contributed by atoms with Crippen molar-refractivity contribution in [2.24, 2.45) is 5.92 Å². The van der Waals surface area contributed by atoms with Crippen LogP contribution in [0.4, 0.5) is 0 Å². The molecule has 1 aromatic rings. The summed E-state index contributed by atoms with van der Waals surface area (Å²) in [6.07, 6.45) is 0.460. The topological polar surface area (TPSA) is 76.1 Å². The predicted molar refractivity (Wildman–Crippen MR) is 80.5 cm³/mol. The minimum Gasteiger partial charge on any atom is -0.490 e. The number of hydrogen-bond acceptors (Lipinski definition) is 4. The summed E-state index contributed by atoms with van der Waals surface area (Å²) in [7, 11) is 1.56. The molecule has 1 atom stereocenters. The third-order valence-corrected chi connectivity index (χ3v) is 3.78. The van der Waals surface area contributed by atoms with Gasteiger partial charge in [0.1, 0.15) is 12.4 Å². The van der Waals surface area contributed by atoms with Crippen LogP contribution >= 0.6 is 11.6 Å². The zero-order valence-corrected chi connectivity index (χ0v) is 13.0. The molecular formula is C15H18ClNO5. The second-order valence-electron chi connectivity index (χ2n) is 5.06. The third kappa shape index (κ3) is 3.90. The number of methoxy groups -OCH3 is 1. The van der Waals surface area contributed by atoms with Gasteiger partial charge in [0.15, 0.2) is 0 Å². The Kier molecular flexibility index (Phi) is 5.63. The van der Waals surface area contributed by atoms with Crippen LogP contribution < -0.4 is 4.74 Å². The number of carboxylic acid groups (broad SMARTS) is 1. The maximum Gasteiger partial charge on any atom is 0.308 e. The molecule has 22 heavy (non-hydrogen) atoms. The molecule has 1 unspecified atom stereocenters. The summed E-state index contributed by atoms with van der Waals surface area (Å²) in [5, 5.41) is 9.45. The Balaban J connectivity index is 2.14. The fraction of sp³-hybridized carbons (Fsp3) is 0.467. The van der Waals surface area contributed by atoms with Gasteiger partial charge in [0.2, 0.25) is 0 Å². The molecule has 6 nitrogen and oxygen atoms in total. The molecule has 0 bridgehead atoms. The van der Waals surface area contributed by atoms with E-state index in [1.807, 2.05) is 0 Å². The summed E-state index contributed by atoms with van der Waals surface area (Å²) in [5.41, 5.74) is 0.342. The van der Waals surface area contributed by atoms with Crippen LogP contribution in [0.3, 0.4) is 0 Å². The number of halogens is 1. The number of nitrogens with zero attached hydrogens (tertiary/aromatic N) is 1. The number of amides is 1. The van der Waals surface area contributed by atoms with E-state index in [0.717, 1.165) is 0 Å². The first-order chi connectivity index (χ1) is 10.5. The van der Waals surface area contributed by atoms with Gasteiger partial charge in [-0.3, -0.25) is 9.59 Å². The van der Waals surface area contributed by atoms with Crippen molar-refractivity contribution >= 4 is 23.5 Å². The lowest BCUT2D eigenvalue weighted by Crippen LogP contribution is -2.30. The molecule has 1 aliphatic heterocycles. The number of likely N-dealkylation sites (tertiary alicyclic amines) is 1. The van der Waals surface area contributed by atoms with Crippen molar-refractivity contribution in [3.8, 4) is 5.75 Å². The van der Waals surface area contributed by atoms with E-state index in [2.05, 4.69) is 0 Å². The molecule has 1 aliphatic rings. The molecule has 7 heteroatoms. The monoisotopic (exact) mass is 327 g/mol. The molecule has 1 N–H and O–H groups in total. The normalized spacial score (nSPS) is 17.5. The van der Waals surface area contributed by atoms with Crippen molar-refractivity contribution in [2.45, 2.75) is 6.42 Å². The number of aliphatic carboxylic acids is 1. The van der Waals surface area contributed by atoms with Crippen LogP contribution in [0.1, 0.15) is 16.8 Å². The minimum absolute atomic E-state index is 0.207. The van der Waals surface area contributed by atoms with Gasteiger partial charge in [-0.15, -0.1) is 0 Å². The van der Waals surface area contributed by atoms with Gasteiger partial charge in [-0.2, -0.15) is 0 Å². The van der Waals surface area contributed by atoms with Crippen molar-refractivity contribution in [2.75, 3.05) is 33.4 Å². The van der Waals surface area contributed by atoms with Crippen LogP contribution in [0.5, 0.6) is 5.75 Å². The van der Waals surface area contributed by atoms with Gasteiger partial charge < -0.3 is 19.5 Å². The standard InChI is InChI=1S/C15H18ClNO5/c1-21-6-7-22-13-3-2-11(16)8-12(13)14(18)17-5-4-10(9-17)15(19)20/h2-3,8,10H,4-7,9H2,1H3,(H,19,20). The van der Waals surface area contributed by atoms with Gasteiger partial charge in [0.05, 0.1) is 18.1 Å². The lowest BCUT2D eigenvalue weighted by atomic mass is 10.1. The summed E-state index contributed by atoms with van der Waals surface area (Å²) in [5.74, 6) is -1.23. The quantitative estimate of drug-likeness (QED) is 0.808. The highest BCUT2D eigenvalue weighted by Crippen LogP contribution is 2.27. The third-order valence-electron chi connectivity index (χ3n) is 3.54. The number of benzene rings is 1. The number of hydrogen-bond donors (Lipinski definition) is 1. The molecule has 1 saturated heterocycles. The van der Waals surface area contributed by atoms with Gasteiger partial charge in [-0.25, -0.2) is 0 Å². The molecule has 1 heterocycles. The van der Waals surface area contributed by atoms with Crippen LogP contribution in [-0.4, -0.2) is 55.3 Å². The number of carboxylic acids is 1. The Hall–Kier alpha value is -1.79. The summed E-state index contributed by atoms with van der Waals surface area (Å²) in [6, 6.07) is 4.82. The Labute approximate surface area is 133 Å². The lowest BCUT2D eigenvalue weighted by Gasteiger charge is -2.18. The average Bonchev–Trinajstić information content (AvgIpc) is 2.98. The molecule has 1 aromatic carbocycles. The molecule has 2 rings (SSSR count). The Morgan fingerprint density at radius 3 is 2.82 bits per heavy atom. The van der Waals surface area contributed by atoms with Crippen LogP contribution in [0.2, 0.25) is 5.02 Å². The van der Waals surface area contributed by atoms with Gasteiger partial charge in [0, 0.05) is 25.2 Å². The van der Waals surface area contributed by atoms with E-state index >= 15 is 0 Å². The highest BCUT2D eigenvalue weighted by molar-refractivity contribution is 6.31. The second-order valence-corrected chi connectivity index (χ2v) is 5.49. The van der Waals surface area contributed by atoms with E-state index in [0.29, 0.717) is 42.5 Å². The fourth-order valence-electron chi connectivity index (χ4n) is 2.35. The summed E-state index contributed by atoms with van der Waals surface area (Å²) < 4.78 is 10.5. The van der Waals surface area contributed by atoms with Gasteiger partial charge >= 0.3 is 5.97 Å². The van der Waals surface area contributed by atoms with E-state index in [1.54, 1.807) is 25.3 Å². The Morgan fingerprint density at radius 2 is 2.18 bits per heavy atom.